The molecule has 0 spiro atoms. The molecule has 3 nitrogen and oxygen atoms in total. The number of aryl methyl sites for hydroxylation is 1. The van der Waals surface area contributed by atoms with Gasteiger partial charge < -0.3 is 10.3 Å². The first-order chi connectivity index (χ1) is 7.15. The number of H-pyrrole nitrogens is 1. The highest BCUT2D eigenvalue weighted by atomic mass is 15.0. The Morgan fingerprint density at radius 2 is 2.13 bits per heavy atom. The van der Waals surface area contributed by atoms with Gasteiger partial charge in [0.15, 0.2) is 0 Å². The second-order valence-corrected chi connectivity index (χ2v) is 5.08. The van der Waals surface area contributed by atoms with Gasteiger partial charge in [0, 0.05) is 12.1 Å². The van der Waals surface area contributed by atoms with E-state index in [2.05, 4.69) is 36.1 Å². The van der Waals surface area contributed by atoms with E-state index in [1.165, 1.54) is 11.4 Å². The Bertz CT molecular complexity index is 324. The first-order valence-corrected chi connectivity index (χ1v) is 5.90. The number of nitrogens with one attached hydrogen (secondary N) is 2. The molecule has 2 rings (SSSR count). The normalized spacial score (nSPS) is 17.1. The molecule has 1 aromatic heterocycles. The van der Waals surface area contributed by atoms with Crippen LogP contribution < -0.4 is 5.32 Å². The number of aromatic nitrogens is 2. The quantitative estimate of drug-likeness (QED) is 0.788. The molecule has 1 fully saturated rings. The molecule has 0 atom stereocenters. The lowest BCUT2D eigenvalue weighted by Gasteiger charge is -2.26. The summed E-state index contributed by atoms with van der Waals surface area (Å²) in [6.45, 7) is 8.91. The van der Waals surface area contributed by atoms with Gasteiger partial charge in [0.05, 0.1) is 5.69 Å². The van der Waals surface area contributed by atoms with Gasteiger partial charge in [-0.2, -0.15) is 0 Å². The van der Waals surface area contributed by atoms with E-state index in [0.717, 1.165) is 37.7 Å². The lowest BCUT2D eigenvalue weighted by atomic mass is 9.97. The molecule has 1 aliphatic heterocycles. The van der Waals surface area contributed by atoms with Crippen molar-refractivity contribution in [3.8, 4) is 0 Å². The molecule has 0 amide bonds. The summed E-state index contributed by atoms with van der Waals surface area (Å²) in [6, 6.07) is 0. The van der Waals surface area contributed by atoms with Crippen molar-refractivity contribution in [2.45, 2.75) is 33.6 Å². The number of rotatable bonds is 4. The minimum atomic E-state index is 0.675. The van der Waals surface area contributed by atoms with Gasteiger partial charge in [-0.15, -0.1) is 0 Å². The summed E-state index contributed by atoms with van der Waals surface area (Å²) in [7, 11) is 0. The van der Waals surface area contributed by atoms with E-state index < -0.39 is 0 Å². The van der Waals surface area contributed by atoms with Crippen molar-refractivity contribution < 1.29 is 0 Å². The fourth-order valence-corrected chi connectivity index (χ4v) is 2.01. The van der Waals surface area contributed by atoms with Crippen molar-refractivity contribution in [2.24, 2.45) is 11.8 Å². The lowest BCUT2D eigenvalue weighted by molar-refractivity contribution is 0.344. The van der Waals surface area contributed by atoms with Crippen LogP contribution in [0.5, 0.6) is 0 Å². The van der Waals surface area contributed by atoms with E-state index >= 15 is 0 Å². The maximum Gasteiger partial charge on any atom is 0.106 e. The largest absolute Gasteiger partial charge is 0.346 e. The maximum atomic E-state index is 4.69. The van der Waals surface area contributed by atoms with Gasteiger partial charge >= 0.3 is 0 Å². The number of hydrogen-bond donors (Lipinski definition) is 2. The van der Waals surface area contributed by atoms with E-state index in [1.807, 2.05) is 0 Å². The molecule has 2 N–H and O–H groups in total. The van der Waals surface area contributed by atoms with E-state index in [9.17, 15) is 0 Å². The highest BCUT2D eigenvalue weighted by Gasteiger charge is 2.19. The van der Waals surface area contributed by atoms with Crippen molar-refractivity contribution in [3.05, 3.63) is 17.2 Å². The van der Waals surface area contributed by atoms with Crippen LogP contribution in [-0.4, -0.2) is 23.1 Å². The van der Waals surface area contributed by atoms with Crippen molar-refractivity contribution in [3.63, 3.8) is 0 Å². The zero-order chi connectivity index (χ0) is 10.8. The molecular weight excluding hydrogens is 186 g/mol. The summed E-state index contributed by atoms with van der Waals surface area (Å²) in [5.74, 6) is 2.64. The van der Waals surface area contributed by atoms with E-state index in [-0.39, 0.29) is 0 Å². The third-order valence-corrected chi connectivity index (χ3v) is 2.98. The number of aromatic amines is 1. The molecule has 1 aliphatic rings. The number of imidazole rings is 1. The second kappa shape index (κ2) is 4.35. The monoisotopic (exact) mass is 207 g/mol. The standard InChI is InChI=1S/C12H21N3/c1-8(2)4-12-14-9(3)11(15-12)5-10-6-13-7-10/h8,10,13H,4-7H2,1-3H3,(H,14,15). The van der Waals surface area contributed by atoms with Gasteiger partial charge in [0.1, 0.15) is 5.82 Å². The minimum Gasteiger partial charge on any atom is -0.346 e. The molecule has 0 bridgehead atoms. The molecule has 0 unspecified atom stereocenters. The Morgan fingerprint density at radius 3 is 2.67 bits per heavy atom. The third-order valence-electron chi connectivity index (χ3n) is 2.98. The predicted molar refractivity (Wildman–Crippen MR) is 61.9 cm³/mol. The van der Waals surface area contributed by atoms with Crippen LogP contribution >= 0.6 is 0 Å². The highest BCUT2D eigenvalue weighted by molar-refractivity contribution is 5.14. The molecule has 3 heteroatoms. The van der Waals surface area contributed by atoms with Gasteiger partial charge in [0.25, 0.3) is 0 Å². The first kappa shape index (κ1) is 10.7. The Morgan fingerprint density at radius 1 is 1.40 bits per heavy atom. The van der Waals surface area contributed by atoms with Crippen molar-refractivity contribution in [2.75, 3.05) is 13.1 Å². The van der Waals surface area contributed by atoms with E-state index in [0.29, 0.717) is 5.92 Å². The van der Waals surface area contributed by atoms with Crippen LogP contribution in [0.2, 0.25) is 0 Å². The molecule has 2 heterocycles. The van der Waals surface area contributed by atoms with Crippen LogP contribution in [0.1, 0.15) is 31.1 Å². The Labute approximate surface area is 91.7 Å². The zero-order valence-corrected chi connectivity index (χ0v) is 9.93. The highest BCUT2D eigenvalue weighted by Crippen LogP contribution is 2.15. The van der Waals surface area contributed by atoms with Gasteiger partial charge in [-0.1, -0.05) is 13.8 Å². The molecule has 0 aromatic carbocycles. The summed E-state index contributed by atoms with van der Waals surface area (Å²) >= 11 is 0. The lowest BCUT2D eigenvalue weighted by Crippen LogP contribution is -2.43. The molecule has 0 radical (unpaired) electrons. The smallest absolute Gasteiger partial charge is 0.106 e. The SMILES string of the molecule is Cc1[nH]c(CC(C)C)nc1CC1CNC1. The number of hydrogen-bond acceptors (Lipinski definition) is 2. The van der Waals surface area contributed by atoms with Crippen LogP contribution in [0, 0.1) is 18.8 Å². The summed E-state index contributed by atoms with van der Waals surface area (Å²) in [6.07, 6.45) is 2.19. The summed E-state index contributed by atoms with van der Waals surface area (Å²) in [5, 5.41) is 3.30. The first-order valence-electron chi connectivity index (χ1n) is 5.90. The number of nitrogens with zero attached hydrogens (tertiary/aromatic N) is 1. The fraction of sp³-hybridized carbons (Fsp3) is 0.750. The minimum absolute atomic E-state index is 0.675. The van der Waals surface area contributed by atoms with Crippen LogP contribution in [0.15, 0.2) is 0 Å². The average molecular weight is 207 g/mol. The van der Waals surface area contributed by atoms with Crippen molar-refractivity contribution in [1.82, 2.24) is 15.3 Å². The van der Waals surface area contributed by atoms with E-state index in [1.54, 1.807) is 0 Å². The summed E-state index contributed by atoms with van der Waals surface area (Å²) < 4.78 is 0. The molecule has 1 saturated heterocycles. The Hall–Kier alpha value is -0.830. The zero-order valence-electron chi connectivity index (χ0n) is 9.93. The molecule has 1 aromatic rings. The Balaban J connectivity index is 2.00. The van der Waals surface area contributed by atoms with E-state index in [4.69, 9.17) is 0 Å². The molecule has 0 aliphatic carbocycles. The van der Waals surface area contributed by atoms with Gasteiger partial charge in [-0.25, -0.2) is 4.98 Å². The van der Waals surface area contributed by atoms with Gasteiger partial charge in [-0.05, 0) is 38.3 Å². The van der Waals surface area contributed by atoms with Gasteiger partial charge in [0.2, 0.25) is 0 Å². The molecule has 84 valence electrons. The summed E-state index contributed by atoms with van der Waals surface area (Å²) in [5.41, 5.74) is 2.54. The average Bonchev–Trinajstić information content (AvgIpc) is 2.38. The van der Waals surface area contributed by atoms with Crippen LogP contribution in [0.4, 0.5) is 0 Å². The Kier molecular flexibility index (Phi) is 3.10. The van der Waals surface area contributed by atoms with Crippen LogP contribution in [0.3, 0.4) is 0 Å². The maximum absolute atomic E-state index is 4.69. The predicted octanol–water partition coefficient (Wildman–Crippen LogP) is 1.68. The topological polar surface area (TPSA) is 40.7 Å². The summed E-state index contributed by atoms with van der Waals surface area (Å²) in [4.78, 5) is 8.09. The van der Waals surface area contributed by atoms with Gasteiger partial charge in [-0.3, -0.25) is 0 Å². The van der Waals surface area contributed by atoms with Crippen LogP contribution in [0.25, 0.3) is 0 Å². The molecule has 0 saturated carbocycles. The van der Waals surface area contributed by atoms with Crippen LogP contribution in [-0.2, 0) is 12.8 Å². The molecular formula is C12H21N3. The second-order valence-electron chi connectivity index (χ2n) is 5.08. The van der Waals surface area contributed by atoms with Crippen molar-refractivity contribution >= 4 is 0 Å². The van der Waals surface area contributed by atoms with Crippen molar-refractivity contribution in [1.29, 1.82) is 0 Å². The fourth-order valence-electron chi connectivity index (χ4n) is 2.01. The third kappa shape index (κ3) is 2.59. The molecule has 15 heavy (non-hydrogen) atoms.